The molecule has 0 saturated carbocycles. The molecule has 4 nitrogen and oxygen atoms in total. The minimum atomic E-state index is -0.154. The van der Waals surface area contributed by atoms with Crippen LogP contribution >= 0.6 is 0 Å². The summed E-state index contributed by atoms with van der Waals surface area (Å²) in [5.41, 5.74) is 1.93. The maximum atomic E-state index is 14.1. The van der Waals surface area contributed by atoms with Crippen molar-refractivity contribution in [3.63, 3.8) is 0 Å². The van der Waals surface area contributed by atoms with Crippen LogP contribution in [0.4, 0.5) is 4.39 Å². The van der Waals surface area contributed by atoms with E-state index < -0.39 is 0 Å². The summed E-state index contributed by atoms with van der Waals surface area (Å²) < 4.78 is 22.2. The Morgan fingerprint density at radius 1 is 1.10 bits per heavy atom. The van der Waals surface area contributed by atoms with Gasteiger partial charge in [-0.25, -0.2) is 4.39 Å². The Balaban J connectivity index is 0.00000392. The van der Waals surface area contributed by atoms with Gasteiger partial charge in [-0.05, 0) is 25.5 Å². The lowest BCUT2D eigenvalue weighted by atomic mass is 10.1. The van der Waals surface area contributed by atoms with Gasteiger partial charge in [0.15, 0.2) is 6.20 Å². The molecule has 2 aromatic rings. The first-order valence-corrected chi connectivity index (χ1v) is 9.89. The van der Waals surface area contributed by atoms with Gasteiger partial charge in [-0.15, -0.1) is 0 Å². The number of carbonyl (C=O) groups is 1. The van der Waals surface area contributed by atoms with E-state index in [0.717, 1.165) is 59.8 Å². The van der Waals surface area contributed by atoms with E-state index in [1.165, 1.54) is 6.07 Å². The largest absolute Gasteiger partial charge is 1.00 e. The van der Waals surface area contributed by atoms with Crippen molar-refractivity contribution in [3.8, 4) is 0 Å². The topological polar surface area (TPSA) is 30.2 Å². The van der Waals surface area contributed by atoms with Crippen LogP contribution in [0.5, 0.6) is 0 Å². The molecule has 1 aromatic carbocycles. The predicted molar refractivity (Wildman–Crippen MR) is 106 cm³/mol. The molecule has 0 aliphatic carbocycles. The Morgan fingerprint density at radius 3 is 2.48 bits per heavy atom. The van der Waals surface area contributed by atoms with Gasteiger partial charge in [-0.3, -0.25) is 4.79 Å². The number of aromatic nitrogens is 1. The summed E-state index contributed by atoms with van der Waals surface area (Å²) in [6.07, 6.45) is 5.52. The number of nitrogens with zero attached hydrogens (tertiary/aromatic N) is 2. The fraction of sp³-hybridized carbons (Fsp3) is 0.545. The van der Waals surface area contributed by atoms with E-state index in [9.17, 15) is 9.18 Å². The van der Waals surface area contributed by atoms with Crippen LogP contribution in [-0.2, 0) is 16.1 Å². The van der Waals surface area contributed by atoms with Crippen LogP contribution in [0.1, 0.15) is 38.2 Å². The van der Waals surface area contributed by atoms with Crippen LogP contribution in [-0.4, -0.2) is 44.2 Å². The molecular formula is C22H33Br2FN2O2. The molecule has 7 heteroatoms. The average Bonchev–Trinajstić information content (AvgIpc) is 2.60. The van der Waals surface area contributed by atoms with Crippen LogP contribution in [0.15, 0.2) is 30.5 Å². The molecular weight excluding hydrogens is 503 g/mol. The van der Waals surface area contributed by atoms with Gasteiger partial charge in [-0.1, -0.05) is 6.07 Å². The Kier molecular flexibility index (Phi) is 12.8. The summed E-state index contributed by atoms with van der Waals surface area (Å²) in [5.74, 6) is -0.258. The molecule has 0 atom stereocenters. The van der Waals surface area contributed by atoms with Crippen molar-refractivity contribution in [2.75, 3.05) is 33.8 Å². The molecule has 0 N–H and O–H groups in total. The Morgan fingerprint density at radius 2 is 1.79 bits per heavy atom. The predicted octanol–water partition coefficient (Wildman–Crippen LogP) is -2.22. The van der Waals surface area contributed by atoms with E-state index in [0.29, 0.717) is 13.0 Å². The third kappa shape index (κ3) is 8.69. The van der Waals surface area contributed by atoms with E-state index in [1.54, 1.807) is 6.07 Å². The first-order valence-electron chi connectivity index (χ1n) is 9.89. The lowest BCUT2D eigenvalue weighted by molar-refractivity contribution is -0.890. The molecule has 0 amide bonds. The molecule has 164 valence electrons. The summed E-state index contributed by atoms with van der Waals surface area (Å²) in [7, 11) is 4.41. The van der Waals surface area contributed by atoms with Crippen molar-refractivity contribution >= 4 is 16.9 Å². The highest BCUT2D eigenvalue weighted by Crippen LogP contribution is 2.18. The molecule has 1 aromatic heterocycles. The minimum Gasteiger partial charge on any atom is -1.00 e. The molecule has 0 aliphatic rings. The number of hydrogen-bond acceptors (Lipinski definition) is 2. The van der Waals surface area contributed by atoms with E-state index >= 15 is 0 Å². The molecule has 1 heterocycles. The molecule has 0 aliphatic heterocycles. The number of carbonyl (C=O) groups excluding carboxylic acids is 1. The zero-order valence-electron chi connectivity index (χ0n) is 17.9. The fourth-order valence-electron chi connectivity index (χ4n) is 3.52. The third-order valence-corrected chi connectivity index (χ3v) is 5.06. The molecule has 2 rings (SSSR count). The van der Waals surface area contributed by atoms with Gasteiger partial charge in [0.1, 0.15) is 12.4 Å². The number of aryl methyl sites for hydroxylation is 2. The highest BCUT2D eigenvalue weighted by molar-refractivity contribution is 5.79. The van der Waals surface area contributed by atoms with Gasteiger partial charge in [0, 0.05) is 31.4 Å². The average molecular weight is 536 g/mol. The van der Waals surface area contributed by atoms with Crippen LogP contribution in [0.25, 0.3) is 10.9 Å². The maximum Gasteiger partial charge on any atom is 0.305 e. The number of hydrogen-bond donors (Lipinski definition) is 0. The number of rotatable bonds is 10. The van der Waals surface area contributed by atoms with Gasteiger partial charge >= 0.3 is 5.97 Å². The number of halogens is 3. The Labute approximate surface area is 195 Å². The van der Waals surface area contributed by atoms with Gasteiger partial charge in [0.25, 0.3) is 0 Å². The molecule has 0 fully saturated rings. The molecule has 0 bridgehead atoms. The quantitative estimate of drug-likeness (QED) is 0.149. The highest BCUT2D eigenvalue weighted by atomic mass is 79.9. The third-order valence-electron chi connectivity index (χ3n) is 5.06. The van der Waals surface area contributed by atoms with Crippen LogP contribution in [0.2, 0.25) is 0 Å². The monoisotopic (exact) mass is 534 g/mol. The van der Waals surface area contributed by atoms with Crippen molar-refractivity contribution in [1.29, 1.82) is 0 Å². The second-order valence-corrected chi connectivity index (χ2v) is 7.82. The van der Waals surface area contributed by atoms with Crippen LogP contribution < -0.4 is 38.5 Å². The van der Waals surface area contributed by atoms with Crippen molar-refractivity contribution < 1.29 is 56.9 Å². The number of ether oxygens (including phenoxy) is 1. The van der Waals surface area contributed by atoms with E-state index in [1.807, 2.05) is 26.0 Å². The number of esters is 1. The number of quaternary nitrogens is 1. The zero-order chi connectivity index (χ0) is 19.9. The minimum absolute atomic E-state index is 0. The van der Waals surface area contributed by atoms with Gasteiger partial charge in [-0.2, -0.15) is 4.57 Å². The van der Waals surface area contributed by atoms with Crippen molar-refractivity contribution in [2.45, 2.75) is 46.1 Å². The van der Waals surface area contributed by atoms with E-state index in [-0.39, 0.29) is 45.7 Å². The number of pyridine rings is 1. The lowest BCUT2D eigenvalue weighted by Crippen LogP contribution is -3.00. The molecule has 0 spiro atoms. The van der Waals surface area contributed by atoms with Gasteiger partial charge in [0.05, 0.1) is 45.6 Å². The van der Waals surface area contributed by atoms with Gasteiger partial charge < -0.3 is 43.2 Å². The first kappa shape index (κ1) is 27.9. The second-order valence-electron chi connectivity index (χ2n) is 7.82. The van der Waals surface area contributed by atoms with Crippen molar-refractivity contribution in [2.24, 2.45) is 0 Å². The fourth-order valence-corrected chi connectivity index (χ4v) is 3.52. The number of benzene rings is 1. The Bertz CT molecular complexity index is 776. The smallest absolute Gasteiger partial charge is 0.305 e. The summed E-state index contributed by atoms with van der Waals surface area (Å²) in [6.45, 7) is 7.13. The molecule has 29 heavy (non-hydrogen) atoms. The first-order chi connectivity index (χ1) is 12.8. The summed E-state index contributed by atoms with van der Waals surface area (Å²) in [6, 6.07) is 7.27. The van der Waals surface area contributed by atoms with Crippen molar-refractivity contribution in [1.82, 2.24) is 0 Å². The van der Waals surface area contributed by atoms with E-state index in [2.05, 4.69) is 24.9 Å². The SMILES string of the molecule is CCOC(=O)CCC[N+](C)(C)CCCC[n+]1ccc(C)c2c(F)cccc21.[Br-].[Br-]. The maximum absolute atomic E-state index is 14.1. The molecule has 0 radical (unpaired) electrons. The summed E-state index contributed by atoms with van der Waals surface area (Å²) in [5, 5.41) is 0.718. The summed E-state index contributed by atoms with van der Waals surface area (Å²) in [4.78, 5) is 11.4. The molecule has 0 saturated heterocycles. The standard InChI is InChI=1S/C22H33FN2O2.2BrH/c1-5-27-21(26)12-9-17-25(3,4)16-7-6-14-24-15-13-18(2)22-19(23)10-8-11-20(22)24;;/h8,10-11,13,15H,5-7,9,12,14,16-17H2,1-4H3;2*1H/q+2;;/p-2. The molecule has 0 unspecified atom stereocenters. The lowest BCUT2D eigenvalue weighted by Gasteiger charge is -2.29. The number of fused-ring (bicyclic) bond motifs is 1. The normalized spacial score (nSPS) is 10.9. The zero-order valence-corrected chi connectivity index (χ0v) is 21.1. The Hall–Kier alpha value is -1.05. The van der Waals surface area contributed by atoms with Crippen LogP contribution in [0.3, 0.4) is 0 Å². The van der Waals surface area contributed by atoms with Gasteiger partial charge in [0.2, 0.25) is 5.52 Å². The van der Waals surface area contributed by atoms with Crippen molar-refractivity contribution in [3.05, 3.63) is 41.8 Å². The number of unbranched alkanes of at least 4 members (excludes halogenated alkanes) is 1. The highest BCUT2D eigenvalue weighted by Gasteiger charge is 2.17. The summed E-state index contributed by atoms with van der Waals surface area (Å²) >= 11 is 0. The van der Waals surface area contributed by atoms with E-state index in [4.69, 9.17) is 4.74 Å². The second kappa shape index (κ2) is 13.3. The van der Waals surface area contributed by atoms with Crippen LogP contribution in [0, 0.1) is 12.7 Å².